The third-order valence-corrected chi connectivity index (χ3v) is 2.73. The predicted molar refractivity (Wildman–Crippen MR) is 73.2 cm³/mol. The SMILES string of the molecule is N#CCNC(=O)c1cc(OCCl)c2ccccc2c1. The molecule has 0 unspecified atom stereocenters. The lowest BCUT2D eigenvalue weighted by atomic mass is 10.1. The van der Waals surface area contributed by atoms with Crippen molar-refractivity contribution in [1.82, 2.24) is 5.32 Å². The Morgan fingerprint density at radius 2 is 2.16 bits per heavy atom. The summed E-state index contributed by atoms with van der Waals surface area (Å²) in [5, 5.41) is 12.7. The first-order chi connectivity index (χ1) is 9.26. The molecule has 2 rings (SSSR count). The van der Waals surface area contributed by atoms with Crippen molar-refractivity contribution in [1.29, 1.82) is 5.26 Å². The third kappa shape index (κ3) is 2.95. The van der Waals surface area contributed by atoms with Gasteiger partial charge < -0.3 is 10.1 Å². The van der Waals surface area contributed by atoms with Gasteiger partial charge in [-0.05, 0) is 17.5 Å². The highest BCUT2D eigenvalue weighted by atomic mass is 35.5. The number of carbonyl (C=O) groups is 1. The van der Waals surface area contributed by atoms with Crippen molar-refractivity contribution in [2.45, 2.75) is 0 Å². The predicted octanol–water partition coefficient (Wildman–Crippen LogP) is 2.67. The number of amides is 1. The topological polar surface area (TPSA) is 62.1 Å². The second-order valence-corrected chi connectivity index (χ2v) is 4.01. The summed E-state index contributed by atoms with van der Waals surface area (Å²) in [5.74, 6) is 0.238. The highest BCUT2D eigenvalue weighted by Crippen LogP contribution is 2.27. The average molecular weight is 275 g/mol. The highest BCUT2D eigenvalue weighted by Gasteiger charge is 2.10. The Hall–Kier alpha value is -2.25. The first-order valence-corrected chi connectivity index (χ1v) is 6.16. The Morgan fingerprint density at radius 3 is 2.89 bits per heavy atom. The fourth-order valence-electron chi connectivity index (χ4n) is 1.81. The van der Waals surface area contributed by atoms with Crippen molar-refractivity contribution >= 4 is 28.3 Å². The molecular formula is C14H11ClN2O2. The minimum absolute atomic E-state index is 0.00720. The molecular weight excluding hydrogens is 264 g/mol. The average Bonchev–Trinajstić information content (AvgIpc) is 2.45. The maximum atomic E-state index is 11.9. The molecule has 0 aliphatic rings. The number of halogens is 1. The zero-order valence-corrected chi connectivity index (χ0v) is 10.8. The van der Waals surface area contributed by atoms with E-state index in [0.717, 1.165) is 10.8 Å². The van der Waals surface area contributed by atoms with Gasteiger partial charge in [-0.1, -0.05) is 35.9 Å². The Bertz CT molecular complexity index is 649. The minimum atomic E-state index is -0.313. The lowest BCUT2D eigenvalue weighted by Gasteiger charge is -2.09. The second kappa shape index (κ2) is 6.07. The number of alkyl halides is 1. The number of nitrogens with one attached hydrogen (secondary N) is 1. The summed E-state index contributed by atoms with van der Waals surface area (Å²) in [6.45, 7) is -0.0304. The summed E-state index contributed by atoms with van der Waals surface area (Å²) in [5.41, 5.74) is 0.439. The van der Waals surface area contributed by atoms with Gasteiger partial charge in [0.2, 0.25) is 0 Å². The molecule has 1 amide bonds. The van der Waals surface area contributed by atoms with Crippen molar-refractivity contribution in [3.05, 3.63) is 42.0 Å². The Kier molecular flexibility index (Phi) is 4.22. The van der Waals surface area contributed by atoms with Crippen LogP contribution >= 0.6 is 11.6 Å². The zero-order valence-electron chi connectivity index (χ0n) is 10.0. The van der Waals surface area contributed by atoms with E-state index in [1.165, 1.54) is 0 Å². The van der Waals surface area contributed by atoms with E-state index in [9.17, 15) is 4.79 Å². The molecule has 0 fully saturated rings. The van der Waals surface area contributed by atoms with Crippen LogP contribution in [0.15, 0.2) is 36.4 Å². The van der Waals surface area contributed by atoms with E-state index in [4.69, 9.17) is 21.6 Å². The highest BCUT2D eigenvalue weighted by molar-refractivity contribution is 6.17. The van der Waals surface area contributed by atoms with Gasteiger partial charge in [-0.25, -0.2) is 0 Å². The second-order valence-electron chi connectivity index (χ2n) is 3.79. The Labute approximate surface area is 115 Å². The van der Waals surface area contributed by atoms with Crippen LogP contribution in [0.25, 0.3) is 10.8 Å². The number of nitriles is 1. The molecule has 19 heavy (non-hydrogen) atoms. The summed E-state index contributed by atoms with van der Waals surface area (Å²) in [6.07, 6.45) is 0. The van der Waals surface area contributed by atoms with Crippen molar-refractivity contribution in [2.75, 3.05) is 12.6 Å². The van der Waals surface area contributed by atoms with E-state index in [-0.39, 0.29) is 18.5 Å². The molecule has 0 spiro atoms. The monoisotopic (exact) mass is 274 g/mol. The van der Waals surface area contributed by atoms with Crippen LogP contribution in [-0.2, 0) is 0 Å². The Balaban J connectivity index is 2.46. The lowest BCUT2D eigenvalue weighted by Crippen LogP contribution is -2.23. The van der Waals surface area contributed by atoms with Crippen molar-refractivity contribution in [2.24, 2.45) is 0 Å². The van der Waals surface area contributed by atoms with E-state index in [1.54, 1.807) is 12.1 Å². The molecule has 2 aromatic rings. The Morgan fingerprint density at radius 1 is 1.37 bits per heavy atom. The molecule has 0 radical (unpaired) electrons. The maximum Gasteiger partial charge on any atom is 0.252 e. The van der Waals surface area contributed by atoms with E-state index < -0.39 is 0 Å². The maximum absolute atomic E-state index is 11.9. The summed E-state index contributed by atoms with van der Waals surface area (Å²) in [4.78, 5) is 11.9. The van der Waals surface area contributed by atoms with Crippen LogP contribution in [0.4, 0.5) is 0 Å². The van der Waals surface area contributed by atoms with Crippen LogP contribution in [0.3, 0.4) is 0 Å². The third-order valence-electron chi connectivity index (χ3n) is 2.62. The van der Waals surface area contributed by atoms with Crippen molar-refractivity contribution in [3.63, 3.8) is 0 Å². The normalized spacial score (nSPS) is 9.89. The number of carbonyl (C=O) groups excluding carboxylic acids is 1. The van der Waals surface area contributed by atoms with E-state index in [0.29, 0.717) is 11.3 Å². The number of hydrogen-bond donors (Lipinski definition) is 1. The largest absolute Gasteiger partial charge is 0.477 e. The van der Waals surface area contributed by atoms with Gasteiger partial charge in [0.1, 0.15) is 12.3 Å². The van der Waals surface area contributed by atoms with Crippen LogP contribution in [-0.4, -0.2) is 18.5 Å². The molecule has 5 heteroatoms. The number of fused-ring (bicyclic) bond motifs is 1. The molecule has 0 saturated carbocycles. The fourth-order valence-corrected chi connectivity index (χ4v) is 1.92. The van der Waals surface area contributed by atoms with Gasteiger partial charge in [-0.3, -0.25) is 4.79 Å². The molecule has 1 N–H and O–H groups in total. The minimum Gasteiger partial charge on any atom is -0.477 e. The first-order valence-electron chi connectivity index (χ1n) is 5.63. The van der Waals surface area contributed by atoms with Gasteiger partial charge in [-0.15, -0.1) is 0 Å². The first kappa shape index (κ1) is 13.2. The standard InChI is InChI=1S/C14H11ClN2O2/c15-9-19-13-8-11(14(18)17-6-5-16)7-10-3-1-2-4-12(10)13/h1-4,7-8H,6,9H2,(H,17,18). The molecule has 0 bridgehead atoms. The van der Waals surface area contributed by atoms with Gasteiger partial charge in [0, 0.05) is 10.9 Å². The smallest absolute Gasteiger partial charge is 0.252 e. The fraction of sp³-hybridized carbons (Fsp3) is 0.143. The summed E-state index contributed by atoms with van der Waals surface area (Å²) in [7, 11) is 0. The van der Waals surface area contributed by atoms with Crippen LogP contribution < -0.4 is 10.1 Å². The van der Waals surface area contributed by atoms with Gasteiger partial charge in [0.05, 0.1) is 6.07 Å². The summed E-state index contributed by atoms with van der Waals surface area (Å²) >= 11 is 5.59. The molecule has 0 atom stereocenters. The van der Waals surface area contributed by atoms with Crippen LogP contribution in [0, 0.1) is 11.3 Å². The number of benzene rings is 2. The van der Waals surface area contributed by atoms with Crippen molar-refractivity contribution < 1.29 is 9.53 Å². The molecule has 0 aliphatic carbocycles. The number of rotatable bonds is 4. The molecule has 2 aromatic carbocycles. The molecule has 0 aromatic heterocycles. The van der Waals surface area contributed by atoms with Crippen LogP contribution in [0.5, 0.6) is 5.75 Å². The summed E-state index contributed by atoms with van der Waals surface area (Å²) < 4.78 is 5.33. The van der Waals surface area contributed by atoms with Gasteiger partial charge in [0.15, 0.2) is 6.07 Å². The van der Waals surface area contributed by atoms with Gasteiger partial charge in [0.25, 0.3) is 5.91 Å². The molecule has 0 heterocycles. The van der Waals surface area contributed by atoms with E-state index in [2.05, 4.69) is 5.32 Å². The van der Waals surface area contributed by atoms with Gasteiger partial charge in [-0.2, -0.15) is 5.26 Å². The van der Waals surface area contributed by atoms with E-state index in [1.807, 2.05) is 30.3 Å². The molecule has 96 valence electrons. The van der Waals surface area contributed by atoms with E-state index >= 15 is 0 Å². The quantitative estimate of drug-likeness (QED) is 0.689. The molecule has 0 aliphatic heterocycles. The number of ether oxygens (including phenoxy) is 1. The zero-order chi connectivity index (χ0) is 13.7. The number of nitrogens with zero attached hydrogens (tertiary/aromatic N) is 1. The molecule has 4 nitrogen and oxygen atoms in total. The molecule has 0 saturated heterocycles. The lowest BCUT2D eigenvalue weighted by molar-refractivity contribution is 0.0958. The van der Waals surface area contributed by atoms with Crippen LogP contribution in [0.2, 0.25) is 0 Å². The summed E-state index contributed by atoms with van der Waals surface area (Å²) in [6, 6.07) is 12.8. The van der Waals surface area contributed by atoms with Crippen molar-refractivity contribution in [3.8, 4) is 11.8 Å². The van der Waals surface area contributed by atoms with Crippen LogP contribution in [0.1, 0.15) is 10.4 Å². The number of hydrogen-bond acceptors (Lipinski definition) is 3. The van der Waals surface area contributed by atoms with Gasteiger partial charge >= 0.3 is 0 Å².